The summed E-state index contributed by atoms with van der Waals surface area (Å²) in [6.07, 6.45) is 0. The Morgan fingerprint density at radius 2 is 0.704 bits per heavy atom. The van der Waals surface area contributed by atoms with Gasteiger partial charge in [0.2, 0.25) is 0 Å². The molecule has 0 N–H and O–H groups in total. The number of fused-ring (bicyclic) bond motifs is 9. The molecule has 4 aromatic heterocycles. The van der Waals surface area contributed by atoms with Gasteiger partial charge in [0.15, 0.2) is 0 Å². The summed E-state index contributed by atoms with van der Waals surface area (Å²) in [5.74, 6) is 0. The molecule has 0 amide bonds. The van der Waals surface area contributed by atoms with Gasteiger partial charge in [-0.05, 0) is 85.7 Å². The van der Waals surface area contributed by atoms with Gasteiger partial charge >= 0.3 is 7.12 Å². The molecule has 0 unspecified atom stereocenters. The van der Waals surface area contributed by atoms with Gasteiger partial charge in [0.05, 0.1) is 56.0 Å². The van der Waals surface area contributed by atoms with E-state index in [2.05, 4.69) is 258 Å². The maximum atomic E-state index is 6.38. The molecule has 10 aromatic carbocycles. The van der Waals surface area contributed by atoms with Crippen molar-refractivity contribution in [3.63, 3.8) is 0 Å². The number of hydrogen-bond donors (Lipinski definition) is 0. The van der Waals surface area contributed by atoms with Crippen LogP contribution in [-0.4, -0.2) is 38.3 Å². The number of aromatic nitrogens is 4. The standard InChI is InChI=1S/C43H27N3.C31H28BNO2/c1-4-11-28(12-5-1)34-17-10-18-35-40(34)36-27-33(23-26-39(36)46-41(35)30-15-8-3-9-16-30)38-25-22-32-20-19-31-21-24-37(29-13-6-2-7-14-29)44-42(31)43(32)45-38;1-30(2)31(3,4)35-32(34-30)23-18-19-27-26(20-23)28-24(21-12-7-5-8-13-21)16-11-17-25(28)29(33-27)22-14-9-6-10-15-22/h1-27H;5-20H,1-4H3. The van der Waals surface area contributed by atoms with Crippen molar-refractivity contribution in [1.82, 2.24) is 19.9 Å². The second kappa shape index (κ2) is 20.2. The molecule has 386 valence electrons. The van der Waals surface area contributed by atoms with E-state index in [0.29, 0.717) is 0 Å². The highest BCUT2D eigenvalue weighted by molar-refractivity contribution is 6.62. The average molecular weight is 1040 g/mol. The molecule has 0 radical (unpaired) electrons. The molecule has 14 aromatic rings. The van der Waals surface area contributed by atoms with E-state index >= 15 is 0 Å². The lowest BCUT2D eigenvalue weighted by molar-refractivity contribution is 0.00578. The fourth-order valence-corrected chi connectivity index (χ4v) is 11.5. The molecule has 6 nitrogen and oxygen atoms in total. The summed E-state index contributed by atoms with van der Waals surface area (Å²) in [7, 11) is -0.419. The summed E-state index contributed by atoms with van der Waals surface area (Å²) in [6.45, 7) is 8.35. The van der Waals surface area contributed by atoms with Crippen molar-refractivity contribution in [2.75, 3.05) is 0 Å². The summed E-state index contributed by atoms with van der Waals surface area (Å²) >= 11 is 0. The minimum absolute atomic E-state index is 0.390. The highest BCUT2D eigenvalue weighted by atomic mass is 16.7. The first-order valence-electron chi connectivity index (χ1n) is 27.7. The first kappa shape index (κ1) is 49.6. The Morgan fingerprint density at radius 1 is 0.309 bits per heavy atom. The van der Waals surface area contributed by atoms with Crippen molar-refractivity contribution in [3.05, 3.63) is 261 Å². The van der Waals surface area contributed by atoms with Crippen LogP contribution in [0.1, 0.15) is 27.7 Å². The molecule has 0 aliphatic carbocycles. The molecule has 0 atom stereocenters. The Balaban J connectivity index is 0.000000151. The molecule has 81 heavy (non-hydrogen) atoms. The Morgan fingerprint density at radius 3 is 1.17 bits per heavy atom. The van der Waals surface area contributed by atoms with Crippen molar-refractivity contribution >= 4 is 77.7 Å². The number of nitrogens with zero attached hydrogens (tertiary/aromatic N) is 4. The fourth-order valence-electron chi connectivity index (χ4n) is 11.5. The van der Waals surface area contributed by atoms with Gasteiger partial charge in [-0.25, -0.2) is 19.9 Å². The number of benzene rings is 10. The van der Waals surface area contributed by atoms with Crippen LogP contribution in [0, 0.1) is 0 Å². The molecule has 0 saturated carbocycles. The fraction of sp³-hybridized carbons (Fsp3) is 0.0811. The summed E-state index contributed by atoms with van der Waals surface area (Å²) in [4.78, 5) is 20.8. The lowest BCUT2D eigenvalue weighted by Crippen LogP contribution is -2.41. The average Bonchev–Trinajstić information content (AvgIpc) is 3.84. The first-order valence-corrected chi connectivity index (χ1v) is 27.7. The lowest BCUT2D eigenvalue weighted by atomic mass is 9.78. The highest BCUT2D eigenvalue weighted by Crippen LogP contribution is 2.42. The van der Waals surface area contributed by atoms with Gasteiger partial charge in [-0.3, -0.25) is 0 Å². The van der Waals surface area contributed by atoms with Crippen LogP contribution in [0.5, 0.6) is 0 Å². The number of hydrogen-bond acceptors (Lipinski definition) is 6. The zero-order valence-corrected chi connectivity index (χ0v) is 45.5. The van der Waals surface area contributed by atoms with E-state index in [1.54, 1.807) is 0 Å². The van der Waals surface area contributed by atoms with E-state index in [9.17, 15) is 0 Å². The smallest absolute Gasteiger partial charge is 0.399 e. The Kier molecular flexibility index (Phi) is 12.4. The summed E-state index contributed by atoms with van der Waals surface area (Å²) in [5, 5.41) is 9.01. The topological polar surface area (TPSA) is 70.0 Å². The van der Waals surface area contributed by atoms with Crippen molar-refractivity contribution in [3.8, 4) is 67.3 Å². The second-order valence-corrected chi connectivity index (χ2v) is 21.9. The van der Waals surface area contributed by atoms with Crippen LogP contribution in [0.25, 0.3) is 132 Å². The first-order chi connectivity index (χ1) is 39.6. The molecule has 5 heterocycles. The Hall–Kier alpha value is -9.66. The highest BCUT2D eigenvalue weighted by Gasteiger charge is 2.51. The Labute approximate surface area is 471 Å². The van der Waals surface area contributed by atoms with Crippen molar-refractivity contribution in [2.24, 2.45) is 0 Å². The van der Waals surface area contributed by atoms with Crippen LogP contribution in [0.2, 0.25) is 0 Å². The molecule has 1 aliphatic heterocycles. The zero-order chi connectivity index (χ0) is 54.7. The predicted octanol–water partition coefficient (Wildman–Crippen LogP) is 18.2. The van der Waals surface area contributed by atoms with Gasteiger partial charge in [0.1, 0.15) is 0 Å². The molecule has 1 aliphatic rings. The van der Waals surface area contributed by atoms with E-state index in [0.717, 1.165) is 105 Å². The monoisotopic (exact) mass is 1040 g/mol. The van der Waals surface area contributed by atoms with Crippen LogP contribution in [0.4, 0.5) is 0 Å². The third-order valence-corrected chi connectivity index (χ3v) is 16.3. The van der Waals surface area contributed by atoms with E-state index in [1.807, 2.05) is 30.3 Å². The van der Waals surface area contributed by atoms with Crippen LogP contribution < -0.4 is 5.46 Å². The van der Waals surface area contributed by atoms with Crippen molar-refractivity contribution in [2.45, 2.75) is 38.9 Å². The van der Waals surface area contributed by atoms with E-state index in [4.69, 9.17) is 29.2 Å². The van der Waals surface area contributed by atoms with Crippen LogP contribution in [-0.2, 0) is 9.31 Å². The van der Waals surface area contributed by atoms with Gasteiger partial charge in [-0.1, -0.05) is 231 Å². The second-order valence-electron chi connectivity index (χ2n) is 21.9. The molecule has 1 saturated heterocycles. The zero-order valence-electron chi connectivity index (χ0n) is 45.5. The van der Waals surface area contributed by atoms with Crippen LogP contribution in [0.3, 0.4) is 0 Å². The molecule has 7 heteroatoms. The molecule has 0 bridgehead atoms. The van der Waals surface area contributed by atoms with Crippen LogP contribution in [0.15, 0.2) is 261 Å². The largest absolute Gasteiger partial charge is 0.494 e. The number of pyridine rings is 4. The molecule has 1 fully saturated rings. The van der Waals surface area contributed by atoms with Gasteiger partial charge in [-0.2, -0.15) is 0 Å². The predicted molar refractivity (Wildman–Crippen MR) is 337 cm³/mol. The molecule has 15 rings (SSSR count). The Bertz CT molecular complexity index is 4680. The lowest BCUT2D eigenvalue weighted by Gasteiger charge is -2.32. The maximum Gasteiger partial charge on any atom is 0.494 e. The van der Waals surface area contributed by atoms with Crippen molar-refractivity contribution < 1.29 is 9.31 Å². The summed E-state index contributed by atoms with van der Waals surface area (Å²) in [5.41, 5.74) is 16.9. The van der Waals surface area contributed by atoms with Gasteiger partial charge in [0, 0.05) is 65.3 Å². The molecular weight excluding hydrogens is 988 g/mol. The van der Waals surface area contributed by atoms with Gasteiger partial charge < -0.3 is 9.31 Å². The molecular formula is C74H55BN4O2. The third-order valence-electron chi connectivity index (χ3n) is 16.3. The van der Waals surface area contributed by atoms with Crippen LogP contribution >= 0.6 is 0 Å². The minimum atomic E-state index is -0.419. The van der Waals surface area contributed by atoms with E-state index in [1.165, 1.54) is 33.0 Å². The number of rotatable bonds is 7. The maximum absolute atomic E-state index is 6.38. The quantitative estimate of drug-likeness (QED) is 0.117. The van der Waals surface area contributed by atoms with Gasteiger partial charge in [0.25, 0.3) is 0 Å². The van der Waals surface area contributed by atoms with E-state index in [-0.39, 0.29) is 11.2 Å². The van der Waals surface area contributed by atoms with E-state index < -0.39 is 7.12 Å². The molecule has 0 spiro atoms. The minimum Gasteiger partial charge on any atom is -0.399 e. The normalized spacial score (nSPS) is 13.8. The van der Waals surface area contributed by atoms with Gasteiger partial charge in [-0.15, -0.1) is 0 Å². The summed E-state index contributed by atoms with van der Waals surface area (Å²) in [6, 6.07) is 91.1. The van der Waals surface area contributed by atoms with Crippen molar-refractivity contribution in [1.29, 1.82) is 0 Å². The summed E-state index contributed by atoms with van der Waals surface area (Å²) < 4.78 is 12.8. The SMILES string of the molecule is CC1(C)OB(c2ccc3nc(-c4ccccc4)c4cccc(-c5ccccc5)c4c3c2)OC1(C)C.c1ccc(-c2ccc3ccc4ccc(-c5ccc6nc(-c7ccccc7)c7cccc(-c8ccccc8)c7c6c5)nc4c3n2)cc1. The third kappa shape index (κ3) is 9.07.